The van der Waals surface area contributed by atoms with Crippen LogP contribution in [0, 0.1) is 0 Å². The first-order valence-electron chi connectivity index (χ1n) is 5.94. The van der Waals surface area contributed by atoms with Crippen molar-refractivity contribution < 1.29 is 4.79 Å². The molecule has 0 spiro atoms. The molecule has 3 nitrogen and oxygen atoms in total. The van der Waals surface area contributed by atoms with Gasteiger partial charge in [-0.2, -0.15) is 0 Å². The fourth-order valence-corrected chi connectivity index (χ4v) is 2.48. The average molecular weight is 238 g/mol. The second-order valence-electron chi connectivity index (χ2n) is 4.43. The molecule has 1 heterocycles. The van der Waals surface area contributed by atoms with E-state index < -0.39 is 0 Å². The van der Waals surface area contributed by atoms with Crippen molar-refractivity contribution >= 4 is 28.2 Å². The molecule has 0 saturated carbocycles. The standard InChI is InChI=1S/C15H14N2O/c1-17-14-5-3-2-4-12(14)13-8-11(9-16-10-18)6-7-15(13)17/h2-8,10H,9H2,1H3,(H,16,18). The largest absolute Gasteiger partial charge is 0.355 e. The number of aromatic nitrogens is 1. The quantitative estimate of drug-likeness (QED) is 0.699. The van der Waals surface area contributed by atoms with E-state index in [-0.39, 0.29) is 0 Å². The van der Waals surface area contributed by atoms with Gasteiger partial charge in [-0.3, -0.25) is 4.79 Å². The highest BCUT2D eigenvalue weighted by Crippen LogP contribution is 2.28. The molecule has 0 fully saturated rings. The number of aryl methyl sites for hydroxylation is 1. The number of amides is 1. The first-order chi connectivity index (χ1) is 8.81. The van der Waals surface area contributed by atoms with Gasteiger partial charge < -0.3 is 9.88 Å². The molecule has 3 aromatic rings. The van der Waals surface area contributed by atoms with E-state index in [1.807, 2.05) is 0 Å². The van der Waals surface area contributed by atoms with Crippen LogP contribution in [0.4, 0.5) is 0 Å². The summed E-state index contributed by atoms with van der Waals surface area (Å²) in [4.78, 5) is 10.3. The average Bonchev–Trinajstić information content (AvgIpc) is 2.71. The second-order valence-corrected chi connectivity index (χ2v) is 4.43. The third-order valence-electron chi connectivity index (χ3n) is 3.37. The Morgan fingerprint density at radius 2 is 1.89 bits per heavy atom. The van der Waals surface area contributed by atoms with Crippen molar-refractivity contribution in [3.63, 3.8) is 0 Å². The van der Waals surface area contributed by atoms with Crippen molar-refractivity contribution in [2.24, 2.45) is 7.05 Å². The van der Waals surface area contributed by atoms with Crippen LogP contribution in [0.2, 0.25) is 0 Å². The fourth-order valence-electron chi connectivity index (χ4n) is 2.48. The van der Waals surface area contributed by atoms with Crippen molar-refractivity contribution in [1.29, 1.82) is 0 Å². The maximum absolute atomic E-state index is 10.3. The van der Waals surface area contributed by atoms with E-state index in [9.17, 15) is 4.79 Å². The predicted molar refractivity (Wildman–Crippen MR) is 73.3 cm³/mol. The molecule has 0 saturated heterocycles. The Labute approximate surface area is 105 Å². The molecule has 0 aliphatic rings. The second kappa shape index (κ2) is 4.18. The van der Waals surface area contributed by atoms with Gasteiger partial charge in [0.1, 0.15) is 0 Å². The lowest BCUT2D eigenvalue weighted by Gasteiger charge is -2.01. The summed E-state index contributed by atoms with van der Waals surface area (Å²) in [6, 6.07) is 14.7. The summed E-state index contributed by atoms with van der Waals surface area (Å²) in [7, 11) is 2.08. The van der Waals surface area contributed by atoms with Crippen LogP contribution in [-0.2, 0) is 18.4 Å². The van der Waals surface area contributed by atoms with Crippen LogP contribution in [0.25, 0.3) is 21.8 Å². The molecule has 1 N–H and O–H groups in total. The number of carbonyl (C=O) groups is 1. The zero-order chi connectivity index (χ0) is 12.5. The first-order valence-corrected chi connectivity index (χ1v) is 5.94. The van der Waals surface area contributed by atoms with E-state index >= 15 is 0 Å². The number of hydrogen-bond donors (Lipinski definition) is 1. The van der Waals surface area contributed by atoms with E-state index in [0.29, 0.717) is 6.54 Å². The Morgan fingerprint density at radius 3 is 2.72 bits per heavy atom. The lowest BCUT2D eigenvalue weighted by atomic mass is 10.1. The van der Waals surface area contributed by atoms with E-state index in [1.165, 1.54) is 21.8 Å². The topological polar surface area (TPSA) is 34.0 Å². The molecule has 0 unspecified atom stereocenters. The van der Waals surface area contributed by atoms with Gasteiger partial charge in [-0.15, -0.1) is 0 Å². The van der Waals surface area contributed by atoms with Crippen LogP contribution in [0.5, 0.6) is 0 Å². The number of para-hydroxylation sites is 1. The Balaban J connectivity index is 2.26. The zero-order valence-corrected chi connectivity index (χ0v) is 10.2. The highest BCUT2D eigenvalue weighted by Gasteiger charge is 2.07. The molecule has 0 bridgehead atoms. The van der Waals surface area contributed by atoms with Gasteiger partial charge in [0.05, 0.1) is 0 Å². The van der Waals surface area contributed by atoms with E-state index in [4.69, 9.17) is 0 Å². The van der Waals surface area contributed by atoms with Crippen molar-refractivity contribution in [2.75, 3.05) is 0 Å². The molecule has 0 radical (unpaired) electrons. The van der Waals surface area contributed by atoms with Gasteiger partial charge in [0.2, 0.25) is 6.41 Å². The summed E-state index contributed by atoms with van der Waals surface area (Å²) >= 11 is 0. The number of nitrogens with one attached hydrogen (secondary N) is 1. The highest BCUT2D eigenvalue weighted by atomic mass is 16.1. The Hall–Kier alpha value is -2.29. The number of fused-ring (bicyclic) bond motifs is 3. The molecule has 0 atom stereocenters. The summed E-state index contributed by atoms with van der Waals surface area (Å²) in [5, 5.41) is 5.18. The van der Waals surface area contributed by atoms with E-state index in [1.54, 1.807) is 0 Å². The Bertz CT molecular complexity index is 728. The van der Waals surface area contributed by atoms with Crippen molar-refractivity contribution in [3.8, 4) is 0 Å². The van der Waals surface area contributed by atoms with Gasteiger partial charge in [0, 0.05) is 35.4 Å². The molecule has 0 aliphatic carbocycles. The molecule has 1 amide bonds. The minimum Gasteiger partial charge on any atom is -0.355 e. The van der Waals surface area contributed by atoms with Crippen molar-refractivity contribution in [1.82, 2.24) is 9.88 Å². The number of benzene rings is 2. The van der Waals surface area contributed by atoms with Gasteiger partial charge in [0.25, 0.3) is 0 Å². The molecule has 3 rings (SSSR count). The third kappa shape index (κ3) is 1.56. The SMILES string of the molecule is Cn1c2ccccc2c2cc(CNC=O)ccc21. The van der Waals surface area contributed by atoms with E-state index in [2.05, 4.69) is 59.4 Å². The molecule has 90 valence electrons. The summed E-state index contributed by atoms with van der Waals surface area (Å²) in [5.41, 5.74) is 3.56. The van der Waals surface area contributed by atoms with Crippen LogP contribution in [-0.4, -0.2) is 11.0 Å². The minimum atomic E-state index is 0.572. The highest BCUT2D eigenvalue weighted by molar-refractivity contribution is 6.08. The van der Waals surface area contributed by atoms with Crippen molar-refractivity contribution in [3.05, 3.63) is 48.0 Å². The van der Waals surface area contributed by atoms with Gasteiger partial charge in [-0.05, 0) is 23.8 Å². The molecule has 0 aliphatic heterocycles. The zero-order valence-electron chi connectivity index (χ0n) is 10.2. The Morgan fingerprint density at radius 1 is 1.11 bits per heavy atom. The molecular formula is C15H14N2O. The van der Waals surface area contributed by atoms with Crippen LogP contribution in [0.3, 0.4) is 0 Å². The molecule has 2 aromatic carbocycles. The molecule has 1 aromatic heterocycles. The molecular weight excluding hydrogens is 224 g/mol. The molecule has 3 heteroatoms. The number of carbonyl (C=O) groups excluding carboxylic acids is 1. The van der Waals surface area contributed by atoms with E-state index in [0.717, 1.165) is 12.0 Å². The summed E-state index contributed by atoms with van der Waals surface area (Å²) in [6.07, 6.45) is 0.729. The number of nitrogens with zero attached hydrogens (tertiary/aromatic N) is 1. The lowest BCUT2D eigenvalue weighted by Crippen LogP contribution is -2.09. The lowest BCUT2D eigenvalue weighted by molar-refractivity contribution is -0.109. The smallest absolute Gasteiger partial charge is 0.207 e. The Kier molecular flexibility index (Phi) is 2.52. The summed E-state index contributed by atoms with van der Waals surface area (Å²) in [6.45, 7) is 0.572. The van der Waals surface area contributed by atoms with Crippen LogP contribution in [0.1, 0.15) is 5.56 Å². The van der Waals surface area contributed by atoms with Gasteiger partial charge in [-0.25, -0.2) is 0 Å². The first kappa shape index (κ1) is 10.8. The number of hydrogen-bond acceptors (Lipinski definition) is 1. The van der Waals surface area contributed by atoms with Crippen LogP contribution in [0.15, 0.2) is 42.5 Å². The van der Waals surface area contributed by atoms with Crippen LogP contribution >= 0.6 is 0 Å². The van der Waals surface area contributed by atoms with Crippen LogP contribution < -0.4 is 5.32 Å². The van der Waals surface area contributed by atoms with Crippen molar-refractivity contribution in [2.45, 2.75) is 6.54 Å². The monoisotopic (exact) mass is 238 g/mol. The third-order valence-corrected chi connectivity index (χ3v) is 3.37. The minimum absolute atomic E-state index is 0.572. The predicted octanol–water partition coefficient (Wildman–Crippen LogP) is 2.58. The maximum Gasteiger partial charge on any atom is 0.207 e. The normalized spacial score (nSPS) is 10.9. The molecule has 18 heavy (non-hydrogen) atoms. The van der Waals surface area contributed by atoms with Gasteiger partial charge in [-0.1, -0.05) is 24.3 Å². The summed E-state index contributed by atoms with van der Waals surface area (Å²) in [5.74, 6) is 0. The van der Waals surface area contributed by atoms with Gasteiger partial charge >= 0.3 is 0 Å². The fraction of sp³-hybridized carbons (Fsp3) is 0.133. The summed E-state index contributed by atoms with van der Waals surface area (Å²) < 4.78 is 2.20. The maximum atomic E-state index is 10.3. The number of rotatable bonds is 3. The van der Waals surface area contributed by atoms with Gasteiger partial charge in [0.15, 0.2) is 0 Å².